The summed E-state index contributed by atoms with van der Waals surface area (Å²) in [5, 5.41) is 12.7. The number of hydrogen-bond donors (Lipinski definition) is 0. The lowest BCUT2D eigenvalue weighted by atomic mass is 10.1. The highest BCUT2D eigenvalue weighted by Crippen LogP contribution is 2.35. The Balaban J connectivity index is 2.12. The van der Waals surface area contributed by atoms with Crippen molar-refractivity contribution in [2.24, 2.45) is 0 Å². The number of ether oxygens (including phenoxy) is 1. The lowest BCUT2D eigenvalue weighted by Crippen LogP contribution is -1.92. The fourth-order valence-electron chi connectivity index (χ4n) is 2.05. The van der Waals surface area contributed by atoms with Crippen LogP contribution in [0.15, 0.2) is 54.9 Å². The van der Waals surface area contributed by atoms with E-state index in [4.69, 9.17) is 16.3 Å². The third kappa shape index (κ3) is 2.64. The Morgan fingerprint density at radius 2 is 2.00 bits per heavy atom. The van der Waals surface area contributed by atoms with Crippen molar-refractivity contribution in [2.45, 2.75) is 0 Å². The second kappa shape index (κ2) is 5.38. The molecule has 0 atom stereocenters. The number of rotatable bonds is 3. The molecular formula is C15H9ClN2O3. The van der Waals surface area contributed by atoms with Crippen molar-refractivity contribution >= 4 is 28.1 Å². The minimum atomic E-state index is -0.437. The molecule has 0 N–H and O–H groups in total. The van der Waals surface area contributed by atoms with Crippen molar-refractivity contribution in [2.75, 3.05) is 0 Å². The SMILES string of the molecule is O=[N+]([O-])c1ccc(Oc2cccc(Cl)c2)c2ccncc12. The maximum absolute atomic E-state index is 11.0. The zero-order valence-corrected chi connectivity index (χ0v) is 11.4. The van der Waals surface area contributed by atoms with Crippen molar-refractivity contribution in [3.63, 3.8) is 0 Å². The predicted molar refractivity (Wildman–Crippen MR) is 79.9 cm³/mol. The van der Waals surface area contributed by atoms with E-state index in [-0.39, 0.29) is 5.69 Å². The number of non-ortho nitro benzene ring substituents is 1. The van der Waals surface area contributed by atoms with Gasteiger partial charge >= 0.3 is 0 Å². The van der Waals surface area contributed by atoms with Gasteiger partial charge in [-0.2, -0.15) is 0 Å². The highest BCUT2D eigenvalue weighted by molar-refractivity contribution is 6.30. The van der Waals surface area contributed by atoms with Crippen LogP contribution in [0.3, 0.4) is 0 Å². The lowest BCUT2D eigenvalue weighted by Gasteiger charge is -2.09. The summed E-state index contributed by atoms with van der Waals surface area (Å²) in [6.45, 7) is 0. The van der Waals surface area contributed by atoms with Crippen LogP contribution in [0.25, 0.3) is 10.8 Å². The van der Waals surface area contributed by atoms with Crippen LogP contribution in [0.1, 0.15) is 0 Å². The van der Waals surface area contributed by atoms with Crippen LogP contribution in [0, 0.1) is 10.1 Å². The second-order valence-electron chi connectivity index (χ2n) is 4.32. The molecule has 0 radical (unpaired) electrons. The molecule has 0 unspecified atom stereocenters. The first kappa shape index (κ1) is 13.3. The molecule has 0 bridgehead atoms. The second-order valence-corrected chi connectivity index (χ2v) is 4.76. The fraction of sp³-hybridized carbons (Fsp3) is 0. The molecule has 0 amide bonds. The van der Waals surface area contributed by atoms with E-state index in [0.29, 0.717) is 27.3 Å². The van der Waals surface area contributed by atoms with Gasteiger partial charge in [-0.3, -0.25) is 15.1 Å². The van der Waals surface area contributed by atoms with E-state index in [9.17, 15) is 10.1 Å². The van der Waals surface area contributed by atoms with E-state index in [1.165, 1.54) is 12.3 Å². The summed E-state index contributed by atoms with van der Waals surface area (Å²) in [6.07, 6.45) is 3.02. The third-order valence-electron chi connectivity index (χ3n) is 2.98. The lowest BCUT2D eigenvalue weighted by molar-refractivity contribution is -0.383. The van der Waals surface area contributed by atoms with Crippen LogP contribution >= 0.6 is 11.6 Å². The Labute approximate surface area is 124 Å². The van der Waals surface area contributed by atoms with Crippen molar-refractivity contribution in [1.82, 2.24) is 4.98 Å². The summed E-state index contributed by atoms with van der Waals surface area (Å²) in [5.41, 5.74) is -0.00320. The van der Waals surface area contributed by atoms with Gasteiger partial charge in [0.2, 0.25) is 0 Å². The Morgan fingerprint density at radius 1 is 1.14 bits per heavy atom. The van der Waals surface area contributed by atoms with Gasteiger partial charge in [0, 0.05) is 28.9 Å². The number of benzene rings is 2. The van der Waals surface area contributed by atoms with Crippen LogP contribution in [-0.2, 0) is 0 Å². The summed E-state index contributed by atoms with van der Waals surface area (Å²) in [5.74, 6) is 1.08. The van der Waals surface area contributed by atoms with Gasteiger partial charge < -0.3 is 4.74 Å². The molecule has 3 rings (SSSR count). The summed E-state index contributed by atoms with van der Waals surface area (Å²) >= 11 is 5.92. The minimum absolute atomic E-state index is 0.00320. The number of fused-ring (bicyclic) bond motifs is 1. The number of aromatic nitrogens is 1. The smallest absolute Gasteiger partial charge is 0.279 e. The maximum Gasteiger partial charge on any atom is 0.279 e. The Kier molecular flexibility index (Phi) is 3.41. The molecule has 21 heavy (non-hydrogen) atoms. The molecule has 0 aliphatic heterocycles. The molecule has 1 heterocycles. The largest absolute Gasteiger partial charge is 0.457 e. The van der Waals surface area contributed by atoms with Gasteiger partial charge in [0.1, 0.15) is 11.5 Å². The molecule has 5 nitrogen and oxygen atoms in total. The quantitative estimate of drug-likeness (QED) is 0.524. The van der Waals surface area contributed by atoms with Crippen molar-refractivity contribution in [1.29, 1.82) is 0 Å². The Bertz CT molecular complexity index is 836. The molecule has 1 aromatic heterocycles. The topological polar surface area (TPSA) is 65.3 Å². The highest BCUT2D eigenvalue weighted by atomic mass is 35.5. The van der Waals surface area contributed by atoms with E-state index in [1.54, 1.807) is 42.6 Å². The molecule has 3 aromatic rings. The van der Waals surface area contributed by atoms with Crippen molar-refractivity contribution in [3.05, 3.63) is 70.0 Å². The van der Waals surface area contributed by atoms with Gasteiger partial charge in [0.25, 0.3) is 5.69 Å². The van der Waals surface area contributed by atoms with E-state index in [2.05, 4.69) is 4.98 Å². The predicted octanol–water partition coefficient (Wildman–Crippen LogP) is 4.59. The van der Waals surface area contributed by atoms with Gasteiger partial charge in [-0.15, -0.1) is 0 Å². The van der Waals surface area contributed by atoms with E-state index < -0.39 is 4.92 Å². The normalized spacial score (nSPS) is 10.5. The first-order valence-electron chi connectivity index (χ1n) is 6.10. The maximum atomic E-state index is 11.0. The van der Waals surface area contributed by atoms with Gasteiger partial charge in [-0.25, -0.2) is 0 Å². The minimum Gasteiger partial charge on any atom is -0.457 e. The van der Waals surface area contributed by atoms with Crippen LogP contribution < -0.4 is 4.74 Å². The third-order valence-corrected chi connectivity index (χ3v) is 3.21. The molecule has 0 fully saturated rings. The van der Waals surface area contributed by atoms with E-state index in [0.717, 1.165) is 0 Å². The molecule has 0 saturated carbocycles. The molecule has 0 aliphatic carbocycles. The van der Waals surface area contributed by atoms with Gasteiger partial charge in [-0.05, 0) is 30.3 Å². The summed E-state index contributed by atoms with van der Waals surface area (Å²) in [7, 11) is 0. The molecule has 2 aromatic carbocycles. The molecule has 0 saturated heterocycles. The number of halogens is 1. The summed E-state index contributed by atoms with van der Waals surface area (Å²) in [6, 6.07) is 11.6. The average molecular weight is 301 g/mol. The first-order valence-corrected chi connectivity index (χ1v) is 6.47. The Hall–Kier alpha value is -2.66. The van der Waals surface area contributed by atoms with E-state index in [1.807, 2.05) is 0 Å². The molecule has 6 heteroatoms. The zero-order chi connectivity index (χ0) is 14.8. The van der Waals surface area contributed by atoms with Crippen LogP contribution in [0.5, 0.6) is 11.5 Å². The molecule has 0 aliphatic rings. The zero-order valence-electron chi connectivity index (χ0n) is 10.7. The first-order chi connectivity index (χ1) is 10.1. The van der Waals surface area contributed by atoms with Gasteiger partial charge in [0.05, 0.1) is 10.3 Å². The number of nitro groups is 1. The van der Waals surface area contributed by atoms with E-state index >= 15 is 0 Å². The van der Waals surface area contributed by atoms with Crippen LogP contribution in [-0.4, -0.2) is 9.91 Å². The van der Waals surface area contributed by atoms with Crippen molar-refractivity contribution in [3.8, 4) is 11.5 Å². The fourth-order valence-corrected chi connectivity index (χ4v) is 2.23. The highest BCUT2D eigenvalue weighted by Gasteiger charge is 2.15. The Morgan fingerprint density at radius 3 is 2.76 bits per heavy atom. The summed E-state index contributed by atoms with van der Waals surface area (Å²) < 4.78 is 5.77. The molecule has 0 spiro atoms. The van der Waals surface area contributed by atoms with Crippen LogP contribution in [0.2, 0.25) is 5.02 Å². The average Bonchev–Trinajstić information content (AvgIpc) is 2.47. The van der Waals surface area contributed by atoms with Gasteiger partial charge in [0.15, 0.2) is 0 Å². The summed E-state index contributed by atoms with van der Waals surface area (Å²) in [4.78, 5) is 14.5. The number of pyridine rings is 1. The monoisotopic (exact) mass is 300 g/mol. The molecule has 104 valence electrons. The van der Waals surface area contributed by atoms with Gasteiger partial charge in [-0.1, -0.05) is 17.7 Å². The molecular weight excluding hydrogens is 292 g/mol. The number of nitro benzene ring substituents is 1. The van der Waals surface area contributed by atoms with Crippen LogP contribution in [0.4, 0.5) is 5.69 Å². The number of nitrogens with zero attached hydrogens (tertiary/aromatic N) is 2. The number of hydrogen-bond acceptors (Lipinski definition) is 4. The van der Waals surface area contributed by atoms with Crippen molar-refractivity contribution < 1.29 is 9.66 Å². The standard InChI is InChI=1S/C15H9ClN2O3/c16-10-2-1-3-11(8-10)21-15-5-4-14(18(19)20)13-9-17-7-6-12(13)15/h1-9H.